The summed E-state index contributed by atoms with van der Waals surface area (Å²) in [5.41, 5.74) is 8.24. The van der Waals surface area contributed by atoms with E-state index in [9.17, 15) is 9.18 Å². The predicted octanol–water partition coefficient (Wildman–Crippen LogP) is 3.00. The van der Waals surface area contributed by atoms with E-state index in [1.54, 1.807) is 18.0 Å². The second-order valence-corrected chi connectivity index (χ2v) is 5.12. The molecule has 0 spiro atoms. The van der Waals surface area contributed by atoms with Gasteiger partial charge in [-0.2, -0.15) is 0 Å². The van der Waals surface area contributed by atoms with Gasteiger partial charge in [0.1, 0.15) is 5.82 Å². The number of carbonyl (C=O) groups is 1. The van der Waals surface area contributed by atoms with E-state index < -0.39 is 0 Å². The fourth-order valence-corrected chi connectivity index (χ4v) is 2.19. The van der Waals surface area contributed by atoms with Crippen molar-refractivity contribution in [2.75, 3.05) is 12.8 Å². The first-order chi connectivity index (χ1) is 10.0. The number of hydrogen-bond acceptors (Lipinski definition) is 2. The van der Waals surface area contributed by atoms with Crippen LogP contribution in [-0.4, -0.2) is 17.9 Å². The van der Waals surface area contributed by atoms with Crippen LogP contribution in [0.2, 0.25) is 0 Å². The predicted molar refractivity (Wildman–Crippen MR) is 82.0 cm³/mol. The van der Waals surface area contributed by atoms with E-state index in [0.29, 0.717) is 25.1 Å². The lowest BCUT2D eigenvalue weighted by Crippen LogP contribution is -2.26. The van der Waals surface area contributed by atoms with Gasteiger partial charge in [0, 0.05) is 25.7 Å². The number of nitrogens with zero attached hydrogens (tertiary/aromatic N) is 1. The van der Waals surface area contributed by atoms with Gasteiger partial charge >= 0.3 is 0 Å². The molecule has 2 aromatic carbocycles. The number of halogens is 1. The zero-order valence-corrected chi connectivity index (χ0v) is 12.1. The average molecular weight is 286 g/mol. The minimum atomic E-state index is -0.284. The van der Waals surface area contributed by atoms with Crippen LogP contribution in [0.25, 0.3) is 0 Å². The molecule has 21 heavy (non-hydrogen) atoms. The maximum absolute atomic E-state index is 13.1. The van der Waals surface area contributed by atoms with Crippen molar-refractivity contribution in [1.29, 1.82) is 0 Å². The molecule has 4 heteroatoms. The van der Waals surface area contributed by atoms with Gasteiger partial charge in [-0.15, -0.1) is 0 Å². The number of anilines is 1. The smallest absolute Gasteiger partial charge is 0.222 e. The summed E-state index contributed by atoms with van der Waals surface area (Å²) in [6.07, 6.45) is 1.06. The summed E-state index contributed by atoms with van der Waals surface area (Å²) in [5.74, 6) is -0.255. The highest BCUT2D eigenvalue weighted by molar-refractivity contribution is 5.76. The molecule has 3 nitrogen and oxygen atoms in total. The van der Waals surface area contributed by atoms with Gasteiger partial charge in [0.05, 0.1) is 0 Å². The molecule has 0 bridgehead atoms. The Hall–Kier alpha value is -2.36. The maximum Gasteiger partial charge on any atom is 0.222 e. The largest absolute Gasteiger partial charge is 0.399 e. The second kappa shape index (κ2) is 6.88. The van der Waals surface area contributed by atoms with Crippen LogP contribution in [0.15, 0.2) is 48.5 Å². The normalized spacial score (nSPS) is 10.4. The van der Waals surface area contributed by atoms with Gasteiger partial charge in [0.15, 0.2) is 0 Å². The standard InChI is InChI=1S/C17H19FN2O/c1-20(12-14-5-2-6-15(18)10-14)17(21)9-8-13-4-3-7-16(19)11-13/h2-7,10-11H,8-9,12,19H2,1H3. The van der Waals surface area contributed by atoms with Crippen molar-refractivity contribution in [3.63, 3.8) is 0 Å². The van der Waals surface area contributed by atoms with Gasteiger partial charge in [-0.05, 0) is 41.8 Å². The second-order valence-electron chi connectivity index (χ2n) is 5.12. The Kier molecular flexibility index (Phi) is 4.93. The zero-order chi connectivity index (χ0) is 15.2. The molecule has 0 saturated carbocycles. The molecular formula is C17H19FN2O. The SMILES string of the molecule is CN(Cc1cccc(F)c1)C(=O)CCc1cccc(N)c1. The Bertz CT molecular complexity index is 628. The van der Waals surface area contributed by atoms with E-state index in [1.807, 2.05) is 30.3 Å². The molecule has 0 aromatic heterocycles. The van der Waals surface area contributed by atoms with Gasteiger partial charge in [-0.3, -0.25) is 4.79 Å². The molecule has 110 valence electrons. The molecule has 0 radical (unpaired) electrons. The Morgan fingerprint density at radius 1 is 1.14 bits per heavy atom. The third kappa shape index (κ3) is 4.60. The molecule has 2 N–H and O–H groups in total. The topological polar surface area (TPSA) is 46.3 Å². The third-order valence-corrected chi connectivity index (χ3v) is 3.31. The fraction of sp³-hybridized carbons (Fsp3) is 0.235. The van der Waals surface area contributed by atoms with Crippen LogP contribution in [0.4, 0.5) is 10.1 Å². The van der Waals surface area contributed by atoms with Crippen LogP contribution in [0.3, 0.4) is 0 Å². The molecule has 1 amide bonds. The molecule has 0 heterocycles. The molecule has 0 atom stereocenters. The molecule has 0 aliphatic heterocycles. The molecule has 0 fully saturated rings. The van der Waals surface area contributed by atoms with E-state index in [1.165, 1.54) is 12.1 Å². The summed E-state index contributed by atoms with van der Waals surface area (Å²) in [7, 11) is 1.73. The molecule has 0 aliphatic rings. The minimum Gasteiger partial charge on any atom is -0.399 e. The number of nitrogens with two attached hydrogens (primary N) is 1. The number of carbonyl (C=O) groups excluding carboxylic acids is 1. The van der Waals surface area contributed by atoms with Gasteiger partial charge in [-0.1, -0.05) is 24.3 Å². The van der Waals surface area contributed by atoms with E-state index in [4.69, 9.17) is 5.73 Å². The van der Waals surface area contributed by atoms with E-state index in [0.717, 1.165) is 11.1 Å². The van der Waals surface area contributed by atoms with Crippen LogP contribution in [-0.2, 0) is 17.8 Å². The van der Waals surface area contributed by atoms with Gasteiger partial charge < -0.3 is 10.6 Å². The highest BCUT2D eigenvalue weighted by Crippen LogP contribution is 2.11. The fourth-order valence-electron chi connectivity index (χ4n) is 2.19. The van der Waals surface area contributed by atoms with Crippen LogP contribution in [0, 0.1) is 5.82 Å². The van der Waals surface area contributed by atoms with Crippen LogP contribution in [0.5, 0.6) is 0 Å². The quantitative estimate of drug-likeness (QED) is 0.859. The van der Waals surface area contributed by atoms with E-state index in [2.05, 4.69) is 0 Å². The summed E-state index contributed by atoms with van der Waals surface area (Å²) in [5, 5.41) is 0. The third-order valence-electron chi connectivity index (χ3n) is 3.31. The Morgan fingerprint density at radius 3 is 2.57 bits per heavy atom. The summed E-state index contributed by atoms with van der Waals surface area (Å²) < 4.78 is 13.1. The minimum absolute atomic E-state index is 0.0293. The van der Waals surface area contributed by atoms with Crippen LogP contribution in [0.1, 0.15) is 17.5 Å². The molecule has 0 unspecified atom stereocenters. The lowest BCUT2D eigenvalue weighted by atomic mass is 10.1. The Morgan fingerprint density at radius 2 is 1.86 bits per heavy atom. The van der Waals surface area contributed by atoms with Crippen LogP contribution >= 0.6 is 0 Å². The van der Waals surface area contributed by atoms with E-state index >= 15 is 0 Å². The lowest BCUT2D eigenvalue weighted by Gasteiger charge is -2.17. The number of nitrogen functional groups attached to an aromatic ring is 1. The first-order valence-corrected chi connectivity index (χ1v) is 6.87. The Labute approximate surface area is 124 Å². The molecule has 2 aromatic rings. The summed E-state index contributed by atoms with van der Waals surface area (Å²) in [6, 6.07) is 13.8. The average Bonchev–Trinajstić information content (AvgIpc) is 2.45. The summed E-state index contributed by atoms with van der Waals surface area (Å²) in [4.78, 5) is 13.7. The van der Waals surface area contributed by atoms with Crippen molar-refractivity contribution in [3.05, 3.63) is 65.5 Å². The van der Waals surface area contributed by atoms with Crippen molar-refractivity contribution < 1.29 is 9.18 Å². The molecular weight excluding hydrogens is 267 g/mol. The number of benzene rings is 2. The van der Waals surface area contributed by atoms with Crippen molar-refractivity contribution in [2.45, 2.75) is 19.4 Å². The van der Waals surface area contributed by atoms with Crippen molar-refractivity contribution in [1.82, 2.24) is 4.90 Å². The number of aryl methyl sites for hydroxylation is 1. The van der Waals surface area contributed by atoms with Crippen LogP contribution < -0.4 is 5.73 Å². The molecule has 2 rings (SSSR count). The van der Waals surface area contributed by atoms with Crippen molar-refractivity contribution >= 4 is 11.6 Å². The lowest BCUT2D eigenvalue weighted by molar-refractivity contribution is -0.130. The molecule has 0 aliphatic carbocycles. The monoisotopic (exact) mass is 286 g/mol. The zero-order valence-electron chi connectivity index (χ0n) is 12.1. The van der Waals surface area contributed by atoms with Gasteiger partial charge in [-0.25, -0.2) is 4.39 Å². The molecule has 0 saturated heterocycles. The number of rotatable bonds is 5. The summed E-state index contributed by atoms with van der Waals surface area (Å²) >= 11 is 0. The van der Waals surface area contributed by atoms with Crippen molar-refractivity contribution in [2.24, 2.45) is 0 Å². The first-order valence-electron chi connectivity index (χ1n) is 6.87. The van der Waals surface area contributed by atoms with Gasteiger partial charge in [0.2, 0.25) is 5.91 Å². The maximum atomic E-state index is 13.1. The highest BCUT2D eigenvalue weighted by Gasteiger charge is 2.10. The summed E-state index contributed by atoms with van der Waals surface area (Å²) in [6.45, 7) is 0.410. The highest BCUT2D eigenvalue weighted by atomic mass is 19.1. The Balaban J connectivity index is 1.88. The van der Waals surface area contributed by atoms with E-state index in [-0.39, 0.29) is 11.7 Å². The van der Waals surface area contributed by atoms with Crippen molar-refractivity contribution in [3.8, 4) is 0 Å². The first kappa shape index (κ1) is 15.0. The van der Waals surface area contributed by atoms with Gasteiger partial charge in [0.25, 0.3) is 0 Å². The number of hydrogen-bond donors (Lipinski definition) is 1. The number of amides is 1.